The van der Waals surface area contributed by atoms with E-state index in [1.807, 2.05) is 19.1 Å². The minimum atomic E-state index is -0.859. The van der Waals surface area contributed by atoms with E-state index in [4.69, 9.17) is 0 Å². The summed E-state index contributed by atoms with van der Waals surface area (Å²) in [6.07, 6.45) is 6.56. The Morgan fingerprint density at radius 1 is 1.15 bits per heavy atom. The summed E-state index contributed by atoms with van der Waals surface area (Å²) in [6.45, 7) is 1.97. The summed E-state index contributed by atoms with van der Waals surface area (Å²) >= 11 is 0. The molecule has 3 heteroatoms. The molecule has 0 radical (unpaired) electrons. The number of aliphatic hydroxyl groups is 1. The van der Waals surface area contributed by atoms with Crippen LogP contribution in [0.25, 0.3) is 0 Å². The second-order valence-corrected chi connectivity index (χ2v) is 8.79. The van der Waals surface area contributed by atoms with Gasteiger partial charge in [0.2, 0.25) is 0 Å². The zero-order chi connectivity index (χ0) is 19.1. The standard InChI is InChI=1S/C24H28O3/c1-23(27)12-13-24(15-17-6-3-2-4-7-17)20(16-23)9-5-8-18-14-19(22(25)26)10-11-21(18)24/h2-4,6-7,10-11,14,20,27H,5,8-9,12-13,15-16H2,1H3,(H,25,26)/t20-,23+,24+/m1/s1. The quantitative estimate of drug-likeness (QED) is 0.826. The number of carbonyl (C=O) groups is 1. The highest BCUT2D eigenvalue weighted by Gasteiger charge is 2.49. The lowest BCUT2D eigenvalue weighted by atomic mass is 9.56. The van der Waals surface area contributed by atoms with Crippen LogP contribution in [0.3, 0.4) is 0 Å². The van der Waals surface area contributed by atoms with Crippen LogP contribution in [0, 0.1) is 5.92 Å². The van der Waals surface area contributed by atoms with Crippen molar-refractivity contribution in [2.45, 2.75) is 62.9 Å². The number of aryl methyl sites for hydroxylation is 1. The van der Waals surface area contributed by atoms with Gasteiger partial charge in [-0.25, -0.2) is 4.79 Å². The largest absolute Gasteiger partial charge is 0.478 e. The maximum Gasteiger partial charge on any atom is 0.335 e. The fourth-order valence-corrected chi connectivity index (χ4v) is 5.50. The van der Waals surface area contributed by atoms with Gasteiger partial charge in [0.15, 0.2) is 0 Å². The molecule has 0 saturated heterocycles. The van der Waals surface area contributed by atoms with Crippen molar-refractivity contribution in [2.75, 3.05) is 0 Å². The monoisotopic (exact) mass is 364 g/mol. The summed E-state index contributed by atoms with van der Waals surface area (Å²) in [5.74, 6) is -0.444. The Kier molecular flexibility index (Phi) is 4.59. The third-order valence-electron chi connectivity index (χ3n) is 6.83. The summed E-state index contributed by atoms with van der Waals surface area (Å²) in [6, 6.07) is 16.3. The molecular formula is C24H28O3. The molecule has 142 valence electrons. The molecule has 1 saturated carbocycles. The normalized spacial score (nSPS) is 30.1. The number of carboxylic acid groups (broad SMARTS) is 1. The van der Waals surface area contributed by atoms with Gasteiger partial charge in [0.1, 0.15) is 0 Å². The smallest absolute Gasteiger partial charge is 0.335 e. The molecule has 27 heavy (non-hydrogen) atoms. The Morgan fingerprint density at radius 2 is 1.93 bits per heavy atom. The number of hydrogen-bond donors (Lipinski definition) is 2. The van der Waals surface area contributed by atoms with Gasteiger partial charge >= 0.3 is 5.97 Å². The maximum absolute atomic E-state index is 11.5. The maximum atomic E-state index is 11.5. The van der Waals surface area contributed by atoms with Crippen molar-refractivity contribution >= 4 is 5.97 Å². The lowest BCUT2D eigenvalue weighted by Gasteiger charge is -2.49. The van der Waals surface area contributed by atoms with E-state index < -0.39 is 11.6 Å². The topological polar surface area (TPSA) is 57.5 Å². The number of benzene rings is 2. The van der Waals surface area contributed by atoms with Crippen LogP contribution in [0.15, 0.2) is 48.5 Å². The zero-order valence-corrected chi connectivity index (χ0v) is 15.9. The molecule has 0 heterocycles. The molecule has 2 N–H and O–H groups in total. The predicted molar refractivity (Wildman–Crippen MR) is 106 cm³/mol. The fourth-order valence-electron chi connectivity index (χ4n) is 5.50. The number of aromatic carboxylic acids is 1. The van der Waals surface area contributed by atoms with E-state index in [-0.39, 0.29) is 5.41 Å². The van der Waals surface area contributed by atoms with Crippen molar-refractivity contribution in [1.29, 1.82) is 0 Å². The van der Waals surface area contributed by atoms with Crippen LogP contribution in [0.1, 0.15) is 66.1 Å². The van der Waals surface area contributed by atoms with Gasteiger partial charge in [0.05, 0.1) is 11.2 Å². The first-order valence-electron chi connectivity index (χ1n) is 10.0. The van der Waals surface area contributed by atoms with E-state index in [1.54, 1.807) is 6.07 Å². The highest BCUT2D eigenvalue weighted by Crippen LogP contribution is 2.53. The van der Waals surface area contributed by atoms with Crippen LogP contribution in [0.5, 0.6) is 0 Å². The Balaban J connectivity index is 1.84. The second kappa shape index (κ2) is 6.79. The SMILES string of the molecule is C[C@]1(O)CC[C@@]2(Cc3ccccc3)c3ccc(C(=O)O)cc3CCC[C@@H]2C1. The first kappa shape index (κ1) is 18.2. The summed E-state index contributed by atoms with van der Waals surface area (Å²) in [4.78, 5) is 11.5. The average molecular weight is 364 g/mol. The van der Waals surface area contributed by atoms with Crippen molar-refractivity contribution in [3.05, 3.63) is 70.8 Å². The summed E-state index contributed by atoms with van der Waals surface area (Å²) in [5.41, 5.74) is 3.58. The van der Waals surface area contributed by atoms with Gasteiger partial charge in [-0.05, 0) is 86.6 Å². The summed E-state index contributed by atoms with van der Waals surface area (Å²) in [5, 5.41) is 20.2. The minimum Gasteiger partial charge on any atom is -0.478 e. The first-order chi connectivity index (χ1) is 12.9. The zero-order valence-electron chi connectivity index (χ0n) is 15.9. The highest BCUT2D eigenvalue weighted by molar-refractivity contribution is 5.88. The Hall–Kier alpha value is -2.13. The number of hydrogen-bond acceptors (Lipinski definition) is 2. The third-order valence-corrected chi connectivity index (χ3v) is 6.83. The molecule has 0 aliphatic heterocycles. The number of rotatable bonds is 3. The van der Waals surface area contributed by atoms with Crippen molar-refractivity contribution < 1.29 is 15.0 Å². The van der Waals surface area contributed by atoms with E-state index in [9.17, 15) is 15.0 Å². The van der Waals surface area contributed by atoms with Crippen LogP contribution in [-0.4, -0.2) is 21.8 Å². The Labute approximate surface area is 161 Å². The molecule has 2 aliphatic rings. The van der Waals surface area contributed by atoms with Gasteiger partial charge in [-0.2, -0.15) is 0 Å². The predicted octanol–water partition coefficient (Wildman–Crippen LogP) is 4.75. The van der Waals surface area contributed by atoms with Crippen molar-refractivity contribution in [3.8, 4) is 0 Å². The summed E-state index contributed by atoms with van der Waals surface area (Å²) < 4.78 is 0. The minimum absolute atomic E-state index is 0.0214. The summed E-state index contributed by atoms with van der Waals surface area (Å²) in [7, 11) is 0. The number of fused-ring (bicyclic) bond motifs is 3. The number of carboxylic acids is 1. The molecular weight excluding hydrogens is 336 g/mol. The molecule has 0 unspecified atom stereocenters. The van der Waals surface area contributed by atoms with Crippen LogP contribution >= 0.6 is 0 Å². The molecule has 0 amide bonds. The van der Waals surface area contributed by atoms with E-state index in [0.29, 0.717) is 11.5 Å². The van der Waals surface area contributed by atoms with Gasteiger partial charge in [-0.1, -0.05) is 36.4 Å². The second-order valence-electron chi connectivity index (χ2n) is 8.79. The van der Waals surface area contributed by atoms with Crippen molar-refractivity contribution in [2.24, 2.45) is 5.92 Å². The van der Waals surface area contributed by atoms with E-state index >= 15 is 0 Å². The van der Waals surface area contributed by atoms with Gasteiger partial charge in [0, 0.05) is 5.41 Å². The van der Waals surface area contributed by atoms with Crippen molar-refractivity contribution in [1.82, 2.24) is 0 Å². The molecule has 2 aromatic carbocycles. The van der Waals surface area contributed by atoms with Crippen LogP contribution in [0.2, 0.25) is 0 Å². The molecule has 0 spiro atoms. The Bertz CT molecular complexity index is 840. The van der Waals surface area contributed by atoms with Gasteiger partial charge in [-0.15, -0.1) is 0 Å². The fraction of sp³-hybridized carbons (Fsp3) is 0.458. The highest BCUT2D eigenvalue weighted by atomic mass is 16.4. The Morgan fingerprint density at radius 3 is 2.67 bits per heavy atom. The molecule has 2 aliphatic carbocycles. The lowest BCUT2D eigenvalue weighted by Crippen LogP contribution is -2.47. The molecule has 4 rings (SSSR count). The third kappa shape index (κ3) is 3.41. The van der Waals surface area contributed by atoms with Gasteiger partial charge < -0.3 is 10.2 Å². The van der Waals surface area contributed by atoms with E-state index in [1.165, 1.54) is 16.7 Å². The molecule has 0 bridgehead atoms. The van der Waals surface area contributed by atoms with Crippen LogP contribution in [-0.2, 0) is 18.3 Å². The average Bonchev–Trinajstić information content (AvgIpc) is 2.78. The molecule has 3 atom stereocenters. The molecule has 2 aromatic rings. The molecule has 0 aromatic heterocycles. The molecule has 3 nitrogen and oxygen atoms in total. The molecule has 1 fully saturated rings. The van der Waals surface area contributed by atoms with E-state index in [2.05, 4.69) is 30.3 Å². The first-order valence-corrected chi connectivity index (χ1v) is 10.0. The van der Waals surface area contributed by atoms with Gasteiger partial charge in [-0.3, -0.25) is 0 Å². The van der Waals surface area contributed by atoms with Crippen LogP contribution in [0.4, 0.5) is 0 Å². The lowest BCUT2D eigenvalue weighted by molar-refractivity contribution is -0.0330. The van der Waals surface area contributed by atoms with Crippen LogP contribution < -0.4 is 0 Å². The van der Waals surface area contributed by atoms with E-state index in [0.717, 1.165) is 44.9 Å². The van der Waals surface area contributed by atoms with Crippen molar-refractivity contribution in [3.63, 3.8) is 0 Å². The van der Waals surface area contributed by atoms with Gasteiger partial charge in [0.25, 0.3) is 0 Å².